The molecule has 0 saturated heterocycles. The van der Waals surface area contributed by atoms with E-state index in [1.807, 2.05) is 18.2 Å². The fraction of sp³-hybridized carbons (Fsp3) is 0.455. The molecule has 13 heavy (non-hydrogen) atoms. The molecule has 1 rings (SSSR count). The first-order valence-corrected chi connectivity index (χ1v) is 4.74. The van der Waals surface area contributed by atoms with Crippen LogP contribution >= 0.6 is 0 Å². The van der Waals surface area contributed by atoms with Gasteiger partial charge in [-0.3, -0.25) is 0 Å². The summed E-state index contributed by atoms with van der Waals surface area (Å²) in [7, 11) is 0. The molecule has 0 bridgehead atoms. The average Bonchev–Trinajstić information content (AvgIpc) is 2.19. The lowest BCUT2D eigenvalue weighted by atomic mass is 9.93. The molecule has 0 radical (unpaired) electrons. The van der Waals surface area contributed by atoms with E-state index in [2.05, 4.69) is 12.1 Å². The van der Waals surface area contributed by atoms with Crippen molar-refractivity contribution in [2.45, 2.75) is 18.8 Å². The summed E-state index contributed by atoms with van der Waals surface area (Å²) in [6, 6.07) is 10.2. The van der Waals surface area contributed by atoms with E-state index in [9.17, 15) is 0 Å². The van der Waals surface area contributed by atoms with Crippen molar-refractivity contribution in [3.05, 3.63) is 35.9 Å². The highest BCUT2D eigenvalue weighted by Gasteiger charge is 2.08. The molecule has 72 valence electrons. The molecule has 0 spiro atoms. The Bertz CT molecular complexity index is 217. The number of aliphatic hydroxyl groups is 1. The van der Waals surface area contributed by atoms with Crippen molar-refractivity contribution < 1.29 is 5.11 Å². The molecule has 3 N–H and O–H groups in total. The zero-order valence-electron chi connectivity index (χ0n) is 7.82. The summed E-state index contributed by atoms with van der Waals surface area (Å²) in [5, 5.41) is 8.88. The van der Waals surface area contributed by atoms with Crippen LogP contribution in [0.5, 0.6) is 0 Å². The smallest absolute Gasteiger partial charge is 0.0436 e. The Balaban J connectivity index is 2.64. The molecule has 1 aromatic rings. The van der Waals surface area contributed by atoms with E-state index >= 15 is 0 Å². The molecular formula is C11H17NO. The minimum absolute atomic E-state index is 0.236. The van der Waals surface area contributed by atoms with Crippen molar-refractivity contribution in [2.75, 3.05) is 13.2 Å². The van der Waals surface area contributed by atoms with Crippen molar-refractivity contribution in [2.24, 2.45) is 5.73 Å². The van der Waals surface area contributed by atoms with Crippen molar-refractivity contribution in [1.29, 1.82) is 0 Å². The normalized spacial score (nSPS) is 12.8. The molecule has 2 heteroatoms. The van der Waals surface area contributed by atoms with E-state index in [1.165, 1.54) is 5.56 Å². The standard InChI is InChI=1S/C11H17NO/c12-8-6-11(7-9-13)10-4-2-1-3-5-10/h1-5,11,13H,6-9,12H2/t11-/m1/s1. The zero-order chi connectivity index (χ0) is 9.52. The minimum Gasteiger partial charge on any atom is -0.396 e. The monoisotopic (exact) mass is 179 g/mol. The van der Waals surface area contributed by atoms with E-state index in [1.54, 1.807) is 0 Å². The highest BCUT2D eigenvalue weighted by Crippen LogP contribution is 2.21. The average molecular weight is 179 g/mol. The number of aliphatic hydroxyl groups excluding tert-OH is 1. The maximum Gasteiger partial charge on any atom is 0.0436 e. The van der Waals surface area contributed by atoms with Gasteiger partial charge in [0.05, 0.1) is 0 Å². The lowest BCUT2D eigenvalue weighted by Gasteiger charge is -2.14. The van der Waals surface area contributed by atoms with Crippen molar-refractivity contribution in [3.63, 3.8) is 0 Å². The van der Waals surface area contributed by atoms with Gasteiger partial charge >= 0.3 is 0 Å². The van der Waals surface area contributed by atoms with Gasteiger partial charge in [-0.05, 0) is 30.9 Å². The first-order chi connectivity index (χ1) is 6.38. The van der Waals surface area contributed by atoms with Gasteiger partial charge in [0.2, 0.25) is 0 Å². The topological polar surface area (TPSA) is 46.2 Å². The number of hydrogen-bond donors (Lipinski definition) is 2. The van der Waals surface area contributed by atoms with Gasteiger partial charge in [0.15, 0.2) is 0 Å². The number of benzene rings is 1. The van der Waals surface area contributed by atoms with Gasteiger partial charge in [-0.15, -0.1) is 0 Å². The summed E-state index contributed by atoms with van der Waals surface area (Å²) in [4.78, 5) is 0. The van der Waals surface area contributed by atoms with Gasteiger partial charge in [-0.1, -0.05) is 30.3 Å². The molecule has 1 aromatic carbocycles. The Morgan fingerprint density at radius 1 is 1.15 bits per heavy atom. The van der Waals surface area contributed by atoms with Crippen LogP contribution in [0.2, 0.25) is 0 Å². The molecule has 0 fully saturated rings. The molecule has 2 nitrogen and oxygen atoms in total. The minimum atomic E-state index is 0.236. The SMILES string of the molecule is NCC[C@H](CCO)c1ccccc1. The fourth-order valence-corrected chi connectivity index (χ4v) is 1.56. The van der Waals surface area contributed by atoms with E-state index in [0.717, 1.165) is 12.8 Å². The quantitative estimate of drug-likeness (QED) is 0.719. The molecule has 0 aliphatic heterocycles. The molecule has 0 aromatic heterocycles. The van der Waals surface area contributed by atoms with Crippen molar-refractivity contribution in [1.82, 2.24) is 0 Å². The Kier molecular flexibility index (Phi) is 4.50. The van der Waals surface area contributed by atoms with Gasteiger partial charge in [-0.2, -0.15) is 0 Å². The summed E-state index contributed by atoms with van der Waals surface area (Å²) >= 11 is 0. The zero-order valence-corrected chi connectivity index (χ0v) is 7.82. The molecule has 1 atom stereocenters. The predicted octanol–water partition coefficient (Wildman–Crippen LogP) is 1.50. The third-order valence-corrected chi connectivity index (χ3v) is 2.26. The third kappa shape index (κ3) is 3.17. The summed E-state index contributed by atoms with van der Waals surface area (Å²) < 4.78 is 0. The van der Waals surface area contributed by atoms with Crippen LogP contribution in [-0.2, 0) is 0 Å². The molecule has 0 aliphatic rings. The summed E-state index contributed by atoms with van der Waals surface area (Å²) in [6.07, 6.45) is 1.76. The van der Waals surface area contributed by atoms with E-state index < -0.39 is 0 Å². The maximum absolute atomic E-state index is 8.88. The van der Waals surface area contributed by atoms with Gasteiger partial charge in [0, 0.05) is 6.61 Å². The summed E-state index contributed by atoms with van der Waals surface area (Å²) in [5.74, 6) is 0.413. The van der Waals surface area contributed by atoms with Gasteiger partial charge < -0.3 is 10.8 Å². The van der Waals surface area contributed by atoms with Crippen LogP contribution in [0.3, 0.4) is 0 Å². The number of hydrogen-bond acceptors (Lipinski definition) is 2. The Hall–Kier alpha value is -0.860. The van der Waals surface area contributed by atoms with Gasteiger partial charge in [0.1, 0.15) is 0 Å². The highest BCUT2D eigenvalue weighted by molar-refractivity contribution is 5.19. The van der Waals surface area contributed by atoms with Crippen LogP contribution in [0.4, 0.5) is 0 Å². The lowest BCUT2D eigenvalue weighted by molar-refractivity contribution is 0.273. The first-order valence-electron chi connectivity index (χ1n) is 4.74. The third-order valence-electron chi connectivity index (χ3n) is 2.26. The summed E-state index contributed by atoms with van der Waals surface area (Å²) in [5.41, 5.74) is 6.80. The Morgan fingerprint density at radius 3 is 2.38 bits per heavy atom. The van der Waals surface area contributed by atoms with E-state index in [4.69, 9.17) is 10.8 Å². The van der Waals surface area contributed by atoms with Crippen molar-refractivity contribution in [3.8, 4) is 0 Å². The second-order valence-electron chi connectivity index (χ2n) is 3.20. The molecular weight excluding hydrogens is 162 g/mol. The van der Waals surface area contributed by atoms with Crippen LogP contribution in [-0.4, -0.2) is 18.3 Å². The highest BCUT2D eigenvalue weighted by atomic mass is 16.3. The van der Waals surface area contributed by atoms with E-state index in [0.29, 0.717) is 12.5 Å². The molecule has 0 amide bonds. The van der Waals surface area contributed by atoms with Crippen molar-refractivity contribution >= 4 is 0 Å². The molecule has 0 unspecified atom stereocenters. The van der Waals surface area contributed by atoms with Crippen LogP contribution in [0.25, 0.3) is 0 Å². The molecule has 0 aliphatic carbocycles. The molecule has 0 saturated carbocycles. The van der Waals surface area contributed by atoms with Gasteiger partial charge in [-0.25, -0.2) is 0 Å². The van der Waals surface area contributed by atoms with E-state index in [-0.39, 0.29) is 6.61 Å². The Labute approximate surface area is 79.4 Å². The Morgan fingerprint density at radius 2 is 1.85 bits per heavy atom. The predicted molar refractivity (Wildman–Crippen MR) is 54.6 cm³/mol. The summed E-state index contributed by atoms with van der Waals surface area (Å²) in [6.45, 7) is 0.916. The largest absolute Gasteiger partial charge is 0.396 e. The maximum atomic E-state index is 8.88. The fourth-order valence-electron chi connectivity index (χ4n) is 1.56. The van der Waals surface area contributed by atoms with Crippen LogP contribution in [0.15, 0.2) is 30.3 Å². The second kappa shape index (κ2) is 5.73. The molecule has 0 heterocycles. The first kappa shape index (κ1) is 10.2. The van der Waals surface area contributed by atoms with Gasteiger partial charge in [0.25, 0.3) is 0 Å². The number of rotatable bonds is 5. The van der Waals surface area contributed by atoms with Crippen LogP contribution in [0.1, 0.15) is 24.3 Å². The van der Waals surface area contributed by atoms with Crippen LogP contribution in [0, 0.1) is 0 Å². The number of nitrogens with two attached hydrogens (primary N) is 1. The lowest BCUT2D eigenvalue weighted by Crippen LogP contribution is -2.08. The second-order valence-corrected chi connectivity index (χ2v) is 3.20. The van der Waals surface area contributed by atoms with Crippen LogP contribution < -0.4 is 5.73 Å².